The number of halogens is 2. The number of hydrogen-bond acceptors (Lipinski definition) is 2. The van der Waals surface area contributed by atoms with Crippen LogP contribution in [0.25, 0.3) is 0 Å². The van der Waals surface area contributed by atoms with Crippen LogP contribution in [0.4, 0.5) is 4.39 Å². The lowest BCUT2D eigenvalue weighted by Crippen LogP contribution is -2.42. The Balaban J connectivity index is 0.00000200. The maximum Gasteiger partial charge on any atom is 0.237 e. The van der Waals surface area contributed by atoms with Crippen LogP contribution < -0.4 is 11.1 Å². The van der Waals surface area contributed by atoms with Gasteiger partial charge < -0.3 is 11.1 Å². The van der Waals surface area contributed by atoms with Crippen LogP contribution in [0.2, 0.25) is 0 Å². The standard InChI is InChI=1S/C15H21FN2O.ClH/c1-10(17)15(19)18-14(11-5-2-3-6-11)12-7-4-8-13(16)9-12;/h4,7-11,14H,2-3,5-6,17H2,1H3,(H,18,19);1H/t10-,14?;/m1./s1. The van der Waals surface area contributed by atoms with Gasteiger partial charge in [0.1, 0.15) is 5.82 Å². The van der Waals surface area contributed by atoms with Gasteiger partial charge >= 0.3 is 0 Å². The molecule has 5 heteroatoms. The van der Waals surface area contributed by atoms with E-state index in [0.29, 0.717) is 5.92 Å². The molecular weight excluding hydrogens is 279 g/mol. The average Bonchev–Trinajstić information content (AvgIpc) is 2.89. The van der Waals surface area contributed by atoms with Crippen molar-refractivity contribution in [2.75, 3.05) is 0 Å². The summed E-state index contributed by atoms with van der Waals surface area (Å²) in [5.41, 5.74) is 6.44. The van der Waals surface area contributed by atoms with Crippen LogP contribution in [-0.4, -0.2) is 11.9 Å². The summed E-state index contributed by atoms with van der Waals surface area (Å²) in [6, 6.07) is 5.81. The van der Waals surface area contributed by atoms with Gasteiger partial charge in [0.2, 0.25) is 5.91 Å². The zero-order valence-corrected chi connectivity index (χ0v) is 12.5. The molecule has 1 unspecified atom stereocenters. The first-order chi connectivity index (χ1) is 9.08. The van der Waals surface area contributed by atoms with Crippen molar-refractivity contribution in [2.24, 2.45) is 11.7 Å². The van der Waals surface area contributed by atoms with Crippen LogP contribution in [0, 0.1) is 11.7 Å². The molecule has 3 N–H and O–H groups in total. The van der Waals surface area contributed by atoms with Gasteiger partial charge in [-0.3, -0.25) is 4.79 Å². The van der Waals surface area contributed by atoms with Crippen LogP contribution in [-0.2, 0) is 4.79 Å². The number of hydrogen-bond donors (Lipinski definition) is 2. The maximum atomic E-state index is 13.4. The minimum Gasteiger partial charge on any atom is -0.348 e. The van der Waals surface area contributed by atoms with E-state index >= 15 is 0 Å². The SMILES string of the molecule is C[C@@H](N)C(=O)NC(c1cccc(F)c1)C1CCCC1.Cl. The normalized spacial score (nSPS) is 18.1. The number of amides is 1. The highest BCUT2D eigenvalue weighted by Gasteiger charge is 2.28. The largest absolute Gasteiger partial charge is 0.348 e. The number of benzene rings is 1. The Kier molecular flexibility index (Phi) is 6.43. The number of nitrogens with one attached hydrogen (secondary N) is 1. The Labute approximate surface area is 125 Å². The van der Waals surface area contributed by atoms with Crippen molar-refractivity contribution in [3.63, 3.8) is 0 Å². The molecule has 0 aromatic heterocycles. The fraction of sp³-hybridized carbons (Fsp3) is 0.533. The zero-order chi connectivity index (χ0) is 13.8. The molecule has 1 aliphatic carbocycles. The van der Waals surface area contributed by atoms with E-state index in [1.807, 2.05) is 6.07 Å². The van der Waals surface area contributed by atoms with Gasteiger partial charge in [-0.15, -0.1) is 12.4 Å². The average molecular weight is 301 g/mol. The molecule has 2 atom stereocenters. The Morgan fingerprint density at radius 3 is 2.60 bits per heavy atom. The zero-order valence-electron chi connectivity index (χ0n) is 11.6. The molecule has 0 bridgehead atoms. The summed E-state index contributed by atoms with van der Waals surface area (Å²) >= 11 is 0. The van der Waals surface area contributed by atoms with Gasteiger partial charge in [-0.2, -0.15) is 0 Å². The summed E-state index contributed by atoms with van der Waals surface area (Å²) < 4.78 is 13.4. The third-order valence-corrected chi connectivity index (χ3v) is 3.79. The fourth-order valence-corrected chi connectivity index (χ4v) is 2.75. The minimum atomic E-state index is -0.544. The molecule has 0 heterocycles. The third-order valence-electron chi connectivity index (χ3n) is 3.79. The monoisotopic (exact) mass is 300 g/mol. The van der Waals surface area contributed by atoms with Gasteiger partial charge in [-0.05, 0) is 43.4 Å². The van der Waals surface area contributed by atoms with Crippen molar-refractivity contribution in [3.8, 4) is 0 Å². The second-order valence-electron chi connectivity index (χ2n) is 5.37. The van der Waals surface area contributed by atoms with Crippen molar-refractivity contribution in [2.45, 2.75) is 44.7 Å². The van der Waals surface area contributed by atoms with Crippen molar-refractivity contribution >= 4 is 18.3 Å². The Morgan fingerprint density at radius 2 is 2.05 bits per heavy atom. The lowest BCUT2D eigenvalue weighted by molar-refractivity contribution is -0.123. The first-order valence-electron chi connectivity index (χ1n) is 6.89. The molecule has 1 aromatic carbocycles. The molecule has 1 aromatic rings. The Bertz CT molecular complexity index is 447. The molecule has 0 saturated heterocycles. The third kappa shape index (κ3) is 4.18. The smallest absolute Gasteiger partial charge is 0.237 e. The van der Waals surface area contributed by atoms with Crippen molar-refractivity contribution in [1.82, 2.24) is 5.32 Å². The Hall–Kier alpha value is -1.13. The highest BCUT2D eigenvalue weighted by molar-refractivity contribution is 5.85. The van der Waals surface area contributed by atoms with E-state index in [9.17, 15) is 9.18 Å². The van der Waals surface area contributed by atoms with E-state index < -0.39 is 6.04 Å². The maximum absolute atomic E-state index is 13.4. The van der Waals surface area contributed by atoms with E-state index in [-0.39, 0.29) is 30.2 Å². The lowest BCUT2D eigenvalue weighted by Gasteiger charge is -2.26. The molecule has 0 aliphatic heterocycles. The van der Waals surface area contributed by atoms with Gasteiger partial charge in [0.05, 0.1) is 12.1 Å². The molecule has 1 fully saturated rings. The van der Waals surface area contributed by atoms with Crippen molar-refractivity contribution < 1.29 is 9.18 Å². The number of nitrogens with two attached hydrogens (primary N) is 1. The van der Waals surface area contributed by atoms with Crippen LogP contribution in [0.3, 0.4) is 0 Å². The number of rotatable bonds is 4. The molecule has 112 valence electrons. The van der Waals surface area contributed by atoms with E-state index in [4.69, 9.17) is 5.73 Å². The topological polar surface area (TPSA) is 55.1 Å². The summed E-state index contributed by atoms with van der Waals surface area (Å²) in [5, 5.41) is 2.97. The second kappa shape index (κ2) is 7.60. The molecule has 1 aliphatic rings. The quantitative estimate of drug-likeness (QED) is 0.898. The van der Waals surface area contributed by atoms with E-state index in [1.54, 1.807) is 13.0 Å². The van der Waals surface area contributed by atoms with Gasteiger partial charge in [0.15, 0.2) is 0 Å². The predicted octanol–water partition coefficient (Wildman–Crippen LogP) is 2.94. The van der Waals surface area contributed by atoms with Crippen LogP contribution in [0.15, 0.2) is 24.3 Å². The van der Waals surface area contributed by atoms with Gasteiger partial charge in [-0.1, -0.05) is 25.0 Å². The second-order valence-corrected chi connectivity index (χ2v) is 5.37. The molecule has 0 spiro atoms. The minimum absolute atomic E-state index is 0. The van der Waals surface area contributed by atoms with Gasteiger partial charge in [0.25, 0.3) is 0 Å². The summed E-state index contributed by atoms with van der Waals surface area (Å²) in [4.78, 5) is 11.8. The molecule has 0 radical (unpaired) electrons. The number of carbonyl (C=O) groups is 1. The summed E-state index contributed by atoms with van der Waals surface area (Å²) in [7, 11) is 0. The molecule has 3 nitrogen and oxygen atoms in total. The van der Waals surface area contributed by atoms with E-state index in [2.05, 4.69) is 5.32 Å². The van der Waals surface area contributed by atoms with Crippen molar-refractivity contribution in [3.05, 3.63) is 35.6 Å². The predicted molar refractivity (Wildman–Crippen MR) is 80.1 cm³/mol. The van der Waals surface area contributed by atoms with Crippen LogP contribution in [0.5, 0.6) is 0 Å². The molecule has 1 amide bonds. The van der Waals surface area contributed by atoms with Crippen molar-refractivity contribution in [1.29, 1.82) is 0 Å². The summed E-state index contributed by atoms with van der Waals surface area (Å²) in [5.74, 6) is -0.0683. The Morgan fingerprint density at radius 1 is 1.40 bits per heavy atom. The molecule has 2 rings (SSSR count). The highest BCUT2D eigenvalue weighted by atomic mass is 35.5. The summed E-state index contributed by atoms with van der Waals surface area (Å²) in [6.45, 7) is 1.66. The number of carbonyl (C=O) groups excluding carboxylic acids is 1. The highest BCUT2D eigenvalue weighted by Crippen LogP contribution is 2.35. The van der Waals surface area contributed by atoms with Crippen LogP contribution >= 0.6 is 12.4 Å². The molecular formula is C15H22ClFN2O. The molecule has 20 heavy (non-hydrogen) atoms. The molecule has 1 saturated carbocycles. The van der Waals surface area contributed by atoms with E-state index in [1.165, 1.54) is 25.0 Å². The van der Waals surface area contributed by atoms with Gasteiger partial charge in [-0.25, -0.2) is 4.39 Å². The lowest BCUT2D eigenvalue weighted by atomic mass is 9.91. The van der Waals surface area contributed by atoms with Crippen LogP contribution in [0.1, 0.15) is 44.2 Å². The summed E-state index contributed by atoms with van der Waals surface area (Å²) in [6.07, 6.45) is 4.48. The van der Waals surface area contributed by atoms with Gasteiger partial charge in [0, 0.05) is 0 Å². The first-order valence-corrected chi connectivity index (χ1v) is 6.89. The van der Waals surface area contributed by atoms with E-state index in [0.717, 1.165) is 18.4 Å². The fourth-order valence-electron chi connectivity index (χ4n) is 2.75. The first kappa shape index (κ1) is 16.9.